The summed E-state index contributed by atoms with van der Waals surface area (Å²) >= 11 is 0. The van der Waals surface area contributed by atoms with E-state index in [0.717, 1.165) is 0 Å². The zero-order valence-corrected chi connectivity index (χ0v) is 14.4. The largest absolute Gasteiger partial charge is 0.331 e. The van der Waals surface area contributed by atoms with E-state index in [2.05, 4.69) is 4.98 Å². The molecule has 25 heavy (non-hydrogen) atoms. The van der Waals surface area contributed by atoms with Crippen molar-refractivity contribution in [2.75, 3.05) is 13.6 Å². The third kappa shape index (κ3) is 2.68. The van der Waals surface area contributed by atoms with Gasteiger partial charge in [-0.25, -0.2) is 4.39 Å². The molecular formula is C18H19FN4O2. The second-order valence-corrected chi connectivity index (χ2v) is 6.70. The van der Waals surface area contributed by atoms with Gasteiger partial charge in [-0.2, -0.15) is 5.26 Å². The number of carbonyl (C=O) groups excluding carboxylic acids is 2. The Morgan fingerprint density at radius 3 is 2.88 bits per heavy atom. The van der Waals surface area contributed by atoms with Gasteiger partial charge in [0.2, 0.25) is 5.91 Å². The molecule has 0 bridgehead atoms. The van der Waals surface area contributed by atoms with Crippen LogP contribution in [0.4, 0.5) is 4.39 Å². The van der Waals surface area contributed by atoms with E-state index in [1.807, 2.05) is 19.9 Å². The van der Waals surface area contributed by atoms with E-state index in [9.17, 15) is 14.0 Å². The minimum Gasteiger partial charge on any atom is -0.331 e. The molecule has 0 unspecified atom stereocenters. The monoisotopic (exact) mass is 342 g/mol. The maximum absolute atomic E-state index is 14.3. The van der Waals surface area contributed by atoms with Crippen LogP contribution in [0.25, 0.3) is 5.57 Å². The van der Waals surface area contributed by atoms with E-state index in [4.69, 9.17) is 5.26 Å². The molecule has 0 aromatic carbocycles. The number of aromatic nitrogens is 1. The van der Waals surface area contributed by atoms with Gasteiger partial charge in [-0.05, 0) is 5.92 Å². The number of hydrogen-bond donors (Lipinski definition) is 0. The highest BCUT2D eigenvalue weighted by atomic mass is 19.1. The lowest BCUT2D eigenvalue weighted by atomic mass is 9.92. The second kappa shape index (κ2) is 6.28. The van der Waals surface area contributed by atoms with Gasteiger partial charge in [-0.3, -0.25) is 14.6 Å². The van der Waals surface area contributed by atoms with Crippen molar-refractivity contribution in [2.24, 2.45) is 5.92 Å². The number of pyridine rings is 1. The van der Waals surface area contributed by atoms with Crippen molar-refractivity contribution in [3.63, 3.8) is 0 Å². The van der Waals surface area contributed by atoms with Crippen LogP contribution in [0.3, 0.4) is 0 Å². The molecule has 1 aliphatic carbocycles. The molecule has 0 N–H and O–H groups in total. The molecule has 1 aromatic rings. The predicted octanol–water partition coefficient (Wildman–Crippen LogP) is 1.51. The average molecular weight is 342 g/mol. The lowest BCUT2D eigenvalue weighted by Gasteiger charge is -2.38. The first kappa shape index (κ1) is 17.1. The molecular weight excluding hydrogens is 323 g/mol. The first-order chi connectivity index (χ1) is 11.9. The summed E-state index contributed by atoms with van der Waals surface area (Å²) in [6.07, 6.45) is 3.41. The van der Waals surface area contributed by atoms with Crippen LogP contribution >= 0.6 is 0 Å². The van der Waals surface area contributed by atoms with Crippen molar-refractivity contribution in [3.05, 3.63) is 34.9 Å². The van der Waals surface area contributed by atoms with Gasteiger partial charge >= 0.3 is 0 Å². The van der Waals surface area contributed by atoms with E-state index in [0.29, 0.717) is 28.8 Å². The van der Waals surface area contributed by atoms with Gasteiger partial charge in [0.05, 0.1) is 24.5 Å². The van der Waals surface area contributed by atoms with E-state index < -0.39 is 11.9 Å². The van der Waals surface area contributed by atoms with E-state index in [1.165, 1.54) is 23.0 Å². The zero-order chi connectivity index (χ0) is 18.3. The lowest BCUT2D eigenvalue weighted by Crippen LogP contribution is -2.53. The molecule has 3 rings (SSSR count). The van der Waals surface area contributed by atoms with Crippen LogP contribution in [0.5, 0.6) is 0 Å². The molecule has 2 aliphatic rings. The van der Waals surface area contributed by atoms with Crippen LogP contribution < -0.4 is 0 Å². The number of rotatable bonds is 4. The summed E-state index contributed by atoms with van der Waals surface area (Å²) in [4.78, 5) is 32.5. The number of amides is 2. The molecule has 0 radical (unpaired) electrons. The molecule has 1 atom stereocenters. The van der Waals surface area contributed by atoms with E-state index >= 15 is 0 Å². The molecule has 2 amide bonds. The highest BCUT2D eigenvalue weighted by molar-refractivity contribution is 6.23. The van der Waals surface area contributed by atoms with E-state index in [1.54, 1.807) is 6.08 Å². The maximum Gasteiger partial charge on any atom is 0.255 e. The summed E-state index contributed by atoms with van der Waals surface area (Å²) in [6.45, 7) is 3.64. The van der Waals surface area contributed by atoms with Crippen molar-refractivity contribution in [2.45, 2.75) is 32.9 Å². The number of hydrogen-bond acceptors (Lipinski definition) is 4. The zero-order valence-electron chi connectivity index (χ0n) is 14.4. The maximum atomic E-state index is 14.3. The minimum absolute atomic E-state index is 0.0296. The Morgan fingerprint density at radius 1 is 1.52 bits per heavy atom. The summed E-state index contributed by atoms with van der Waals surface area (Å²) in [5.74, 6) is -1.24. The Kier molecular flexibility index (Phi) is 4.29. The number of carbonyl (C=O) groups is 2. The molecule has 0 saturated carbocycles. The van der Waals surface area contributed by atoms with Crippen molar-refractivity contribution in [3.8, 4) is 6.07 Å². The van der Waals surface area contributed by atoms with Crippen LogP contribution in [-0.4, -0.2) is 46.2 Å². The van der Waals surface area contributed by atoms with Gasteiger partial charge in [0.25, 0.3) is 5.91 Å². The second-order valence-electron chi connectivity index (χ2n) is 6.70. The molecule has 7 heteroatoms. The molecule has 1 aliphatic heterocycles. The van der Waals surface area contributed by atoms with Gasteiger partial charge in [-0.15, -0.1) is 0 Å². The number of nitrogens with zero attached hydrogens (tertiary/aromatic N) is 4. The van der Waals surface area contributed by atoms with Gasteiger partial charge in [0.1, 0.15) is 18.4 Å². The smallest absolute Gasteiger partial charge is 0.255 e. The fraction of sp³-hybridized carbons (Fsp3) is 0.444. The summed E-state index contributed by atoms with van der Waals surface area (Å²) in [5, 5.41) is 8.83. The lowest BCUT2D eigenvalue weighted by molar-refractivity contribution is -0.144. The summed E-state index contributed by atoms with van der Waals surface area (Å²) in [6, 6.07) is 1.18. The summed E-state index contributed by atoms with van der Waals surface area (Å²) in [7, 11) is 1.53. The molecule has 1 aromatic heterocycles. The first-order valence-electron chi connectivity index (χ1n) is 8.16. The normalized spacial score (nSPS) is 16.4. The van der Waals surface area contributed by atoms with Gasteiger partial charge in [0, 0.05) is 30.2 Å². The molecule has 0 fully saturated rings. The average Bonchev–Trinajstić information content (AvgIpc) is 2.99. The fourth-order valence-electron chi connectivity index (χ4n) is 3.50. The Hall–Kier alpha value is -2.75. The van der Waals surface area contributed by atoms with Crippen LogP contribution in [0.2, 0.25) is 0 Å². The SMILES string of the molecule is CC(C)[C@H](C(=O)N(C)CC#N)N1Cc2c(F)cnc3c2C(=CC3)C1=O. The third-order valence-electron chi connectivity index (χ3n) is 4.71. The van der Waals surface area contributed by atoms with Crippen molar-refractivity contribution in [1.82, 2.24) is 14.8 Å². The van der Waals surface area contributed by atoms with Crippen LogP contribution in [0, 0.1) is 23.1 Å². The van der Waals surface area contributed by atoms with Crippen LogP contribution in [0.15, 0.2) is 12.3 Å². The molecule has 0 saturated heterocycles. The predicted molar refractivity (Wildman–Crippen MR) is 88.3 cm³/mol. The van der Waals surface area contributed by atoms with Crippen molar-refractivity contribution in [1.29, 1.82) is 5.26 Å². The Balaban J connectivity index is 2.03. The summed E-state index contributed by atoms with van der Waals surface area (Å²) < 4.78 is 14.3. The Morgan fingerprint density at radius 2 is 2.24 bits per heavy atom. The fourth-order valence-corrected chi connectivity index (χ4v) is 3.50. The summed E-state index contributed by atoms with van der Waals surface area (Å²) in [5.41, 5.74) is 2.12. The molecule has 0 spiro atoms. The molecule has 2 heterocycles. The Labute approximate surface area is 145 Å². The van der Waals surface area contributed by atoms with Gasteiger partial charge < -0.3 is 9.80 Å². The molecule has 6 nitrogen and oxygen atoms in total. The highest BCUT2D eigenvalue weighted by Gasteiger charge is 2.41. The van der Waals surface area contributed by atoms with E-state index in [-0.39, 0.29) is 30.8 Å². The van der Waals surface area contributed by atoms with Gasteiger partial charge in [0.15, 0.2) is 0 Å². The third-order valence-corrected chi connectivity index (χ3v) is 4.71. The highest BCUT2D eigenvalue weighted by Crippen LogP contribution is 2.38. The number of halogens is 1. The van der Waals surface area contributed by atoms with Crippen LogP contribution in [-0.2, 0) is 22.6 Å². The number of likely N-dealkylation sites (N-methyl/N-ethyl adjacent to an activating group) is 1. The molecule has 130 valence electrons. The number of allylic oxidation sites excluding steroid dienone is 1. The standard InChI is InChI=1S/C18H19FN4O2/c1-10(2)16(18(25)22(3)7-6-20)23-9-12-13(19)8-21-14-5-4-11(15(12)14)17(23)24/h4,8,10,16H,5,7,9H2,1-3H3/t16-/m1/s1. The van der Waals surface area contributed by atoms with Crippen molar-refractivity contribution >= 4 is 17.4 Å². The quantitative estimate of drug-likeness (QED) is 0.777. The topological polar surface area (TPSA) is 77.3 Å². The van der Waals surface area contributed by atoms with Gasteiger partial charge in [-0.1, -0.05) is 19.9 Å². The Bertz CT molecular complexity index is 825. The van der Waals surface area contributed by atoms with Crippen LogP contribution in [0.1, 0.15) is 30.7 Å². The first-order valence-corrected chi connectivity index (χ1v) is 8.16. The van der Waals surface area contributed by atoms with Crippen molar-refractivity contribution < 1.29 is 14.0 Å². The minimum atomic E-state index is -0.753. The number of nitriles is 1.